The van der Waals surface area contributed by atoms with Crippen molar-refractivity contribution < 1.29 is 39.8 Å². The number of aliphatic hydroxyl groups excluding tert-OH is 5. The highest BCUT2D eigenvalue weighted by Gasteiger charge is 2.44. The van der Waals surface area contributed by atoms with Crippen LogP contribution in [-0.4, -0.2) is 87.5 Å². The topological polar surface area (TPSA) is 149 Å². The Morgan fingerprint density at radius 3 is 1.11 bits per heavy atom. The molecular formula is C74H131NO8. The van der Waals surface area contributed by atoms with E-state index in [4.69, 9.17) is 9.47 Å². The van der Waals surface area contributed by atoms with Crippen molar-refractivity contribution >= 4 is 5.91 Å². The van der Waals surface area contributed by atoms with Gasteiger partial charge >= 0.3 is 0 Å². The number of amides is 1. The Kier molecular flexibility index (Phi) is 58.5. The molecule has 0 saturated carbocycles. The van der Waals surface area contributed by atoms with E-state index < -0.39 is 49.5 Å². The number of carbonyl (C=O) groups excluding carboxylic acids is 1. The Hall–Kier alpha value is -2.89. The molecule has 7 atom stereocenters. The minimum Gasteiger partial charge on any atom is -0.394 e. The maximum Gasteiger partial charge on any atom is 0.220 e. The predicted octanol–water partition coefficient (Wildman–Crippen LogP) is 19.1. The minimum absolute atomic E-state index is 0.141. The molecule has 7 unspecified atom stereocenters. The molecule has 83 heavy (non-hydrogen) atoms. The molecule has 1 fully saturated rings. The number of ether oxygens (including phenoxy) is 2. The lowest BCUT2D eigenvalue weighted by molar-refractivity contribution is -0.302. The van der Waals surface area contributed by atoms with E-state index in [2.05, 4.69) is 116 Å². The van der Waals surface area contributed by atoms with Gasteiger partial charge in [0.05, 0.1) is 25.4 Å². The summed E-state index contributed by atoms with van der Waals surface area (Å²) in [6.45, 7) is 3.75. The van der Waals surface area contributed by atoms with E-state index in [9.17, 15) is 30.3 Å². The Labute approximate surface area is 511 Å². The summed E-state index contributed by atoms with van der Waals surface area (Å²) < 4.78 is 11.4. The molecule has 480 valence electrons. The van der Waals surface area contributed by atoms with Crippen LogP contribution in [0.25, 0.3) is 0 Å². The zero-order chi connectivity index (χ0) is 60.0. The first kappa shape index (κ1) is 78.1. The SMILES string of the molecule is CC/C=C\C/C=C\C/C=C\C/C=C\C/C=C\C/C=C\C/C=C\C/C=C\CCCCCCCCCCCCCCC(=O)NC(COC1OC(CO)C(O)C(O)C1O)C(O)CCCCCCCCCCCCCCCCCCCCCCCCC. The van der Waals surface area contributed by atoms with Gasteiger partial charge in [-0.2, -0.15) is 0 Å². The van der Waals surface area contributed by atoms with Crippen molar-refractivity contribution in [2.24, 2.45) is 0 Å². The average molecular weight is 1160 g/mol. The van der Waals surface area contributed by atoms with Crippen molar-refractivity contribution in [3.63, 3.8) is 0 Å². The Balaban J connectivity index is 2.13. The smallest absolute Gasteiger partial charge is 0.220 e. The second-order valence-electron chi connectivity index (χ2n) is 23.9. The van der Waals surface area contributed by atoms with Crippen LogP contribution >= 0.6 is 0 Å². The van der Waals surface area contributed by atoms with Gasteiger partial charge in [-0.05, 0) is 77.0 Å². The van der Waals surface area contributed by atoms with Crippen LogP contribution in [-0.2, 0) is 14.3 Å². The number of unbranched alkanes of at least 4 members (excludes halogenated alkanes) is 34. The molecular weight excluding hydrogens is 1030 g/mol. The molecule has 0 spiro atoms. The van der Waals surface area contributed by atoms with Gasteiger partial charge in [-0.15, -0.1) is 0 Å². The van der Waals surface area contributed by atoms with E-state index in [0.717, 1.165) is 89.9 Å². The quantitative estimate of drug-likeness (QED) is 0.0261. The molecule has 0 radical (unpaired) electrons. The first-order valence-electron chi connectivity index (χ1n) is 34.9. The van der Waals surface area contributed by atoms with Crippen molar-refractivity contribution in [1.29, 1.82) is 0 Å². The summed E-state index contributed by atoms with van der Waals surface area (Å²) in [6, 6.07) is -0.727. The second-order valence-corrected chi connectivity index (χ2v) is 23.9. The lowest BCUT2D eigenvalue weighted by Crippen LogP contribution is -2.60. The summed E-state index contributed by atoms with van der Waals surface area (Å²) in [4.78, 5) is 13.2. The summed E-state index contributed by atoms with van der Waals surface area (Å²) in [6.07, 6.45) is 83.2. The number of nitrogens with one attached hydrogen (secondary N) is 1. The summed E-state index contributed by atoms with van der Waals surface area (Å²) in [5, 5.41) is 54.9. The van der Waals surface area contributed by atoms with Crippen LogP contribution in [0.3, 0.4) is 0 Å². The third kappa shape index (κ3) is 50.9. The second kappa shape index (κ2) is 62.2. The molecule has 1 saturated heterocycles. The molecule has 1 amide bonds. The first-order chi connectivity index (χ1) is 40.8. The van der Waals surface area contributed by atoms with Gasteiger partial charge in [-0.3, -0.25) is 4.79 Å². The van der Waals surface area contributed by atoms with Gasteiger partial charge in [0.1, 0.15) is 24.4 Å². The van der Waals surface area contributed by atoms with Gasteiger partial charge in [-0.1, -0.05) is 323 Å². The molecule has 9 nitrogen and oxygen atoms in total. The molecule has 0 aromatic heterocycles. The van der Waals surface area contributed by atoms with Gasteiger partial charge in [-0.25, -0.2) is 0 Å². The molecule has 1 aliphatic heterocycles. The van der Waals surface area contributed by atoms with Crippen LogP contribution in [0.4, 0.5) is 0 Å². The van der Waals surface area contributed by atoms with Crippen LogP contribution in [0.5, 0.6) is 0 Å². The van der Waals surface area contributed by atoms with Crippen molar-refractivity contribution in [2.75, 3.05) is 13.2 Å². The van der Waals surface area contributed by atoms with Gasteiger partial charge < -0.3 is 40.3 Å². The van der Waals surface area contributed by atoms with Crippen LogP contribution in [0.1, 0.15) is 309 Å². The van der Waals surface area contributed by atoms with E-state index in [0.29, 0.717) is 12.8 Å². The summed E-state index contributed by atoms with van der Waals surface area (Å²) in [5.41, 5.74) is 0. The number of hydrogen-bond acceptors (Lipinski definition) is 8. The minimum atomic E-state index is -1.56. The lowest BCUT2D eigenvalue weighted by Gasteiger charge is -2.40. The molecule has 0 aliphatic carbocycles. The lowest BCUT2D eigenvalue weighted by atomic mass is 9.99. The van der Waals surface area contributed by atoms with Gasteiger partial charge in [0.15, 0.2) is 6.29 Å². The number of rotatable bonds is 60. The van der Waals surface area contributed by atoms with Gasteiger partial charge in [0.2, 0.25) is 5.91 Å². The highest BCUT2D eigenvalue weighted by molar-refractivity contribution is 5.76. The van der Waals surface area contributed by atoms with E-state index >= 15 is 0 Å². The number of carbonyl (C=O) groups is 1. The molecule has 9 heteroatoms. The Morgan fingerprint density at radius 2 is 0.747 bits per heavy atom. The van der Waals surface area contributed by atoms with E-state index in [1.54, 1.807) is 0 Å². The fraction of sp³-hybridized carbons (Fsp3) is 0.770. The molecule has 0 aromatic rings. The highest BCUT2D eigenvalue weighted by atomic mass is 16.7. The first-order valence-corrected chi connectivity index (χ1v) is 34.9. The van der Waals surface area contributed by atoms with Gasteiger partial charge in [0.25, 0.3) is 0 Å². The Bertz CT molecular complexity index is 1630. The zero-order valence-corrected chi connectivity index (χ0v) is 53.7. The molecule has 0 bridgehead atoms. The van der Waals surface area contributed by atoms with E-state index in [-0.39, 0.29) is 12.5 Å². The number of allylic oxidation sites excluding steroid dienone is 16. The van der Waals surface area contributed by atoms with Crippen molar-refractivity contribution in [1.82, 2.24) is 5.32 Å². The zero-order valence-electron chi connectivity index (χ0n) is 53.7. The summed E-state index contributed by atoms with van der Waals surface area (Å²) in [5.74, 6) is -0.146. The average Bonchev–Trinajstić information content (AvgIpc) is 3.60. The maximum atomic E-state index is 13.2. The van der Waals surface area contributed by atoms with Gasteiger partial charge in [0, 0.05) is 6.42 Å². The van der Waals surface area contributed by atoms with Crippen LogP contribution in [0, 0.1) is 0 Å². The van der Waals surface area contributed by atoms with Crippen LogP contribution in [0.15, 0.2) is 97.2 Å². The Morgan fingerprint density at radius 1 is 0.422 bits per heavy atom. The summed E-state index contributed by atoms with van der Waals surface area (Å²) >= 11 is 0. The third-order valence-electron chi connectivity index (χ3n) is 16.2. The number of hydrogen-bond donors (Lipinski definition) is 6. The van der Waals surface area contributed by atoms with E-state index in [1.807, 2.05) is 0 Å². The fourth-order valence-corrected chi connectivity index (χ4v) is 10.8. The fourth-order valence-electron chi connectivity index (χ4n) is 10.8. The van der Waals surface area contributed by atoms with Crippen molar-refractivity contribution in [3.05, 3.63) is 97.2 Å². The normalized spacial score (nSPS) is 18.9. The maximum absolute atomic E-state index is 13.2. The highest BCUT2D eigenvalue weighted by Crippen LogP contribution is 2.23. The molecule has 6 N–H and O–H groups in total. The predicted molar refractivity (Wildman–Crippen MR) is 355 cm³/mol. The third-order valence-corrected chi connectivity index (χ3v) is 16.2. The molecule has 1 aliphatic rings. The van der Waals surface area contributed by atoms with Crippen LogP contribution < -0.4 is 5.32 Å². The number of aliphatic hydroxyl groups is 5. The van der Waals surface area contributed by atoms with E-state index in [1.165, 1.54) is 193 Å². The van der Waals surface area contributed by atoms with Crippen LogP contribution in [0.2, 0.25) is 0 Å². The van der Waals surface area contributed by atoms with Crippen molar-refractivity contribution in [2.45, 2.75) is 352 Å². The monoisotopic (exact) mass is 1160 g/mol. The standard InChI is InChI=1S/C74H131NO8/c1-3-5-7-9-11-13-15-17-19-21-23-25-27-28-29-30-31-32-33-34-35-36-37-38-39-40-42-44-46-48-50-52-54-56-58-60-62-64-70(78)75-67(66-82-74-73(81)72(80)71(79)69(65-76)83-74)68(77)63-61-59-57-55-53-51-49-47-45-43-41-26-24-22-20-18-16-14-12-10-8-6-4-2/h5,7,11,13,17,19,23,25,28-29,31-32,34-35,37-38,67-69,71-74,76-77,79-81H,3-4,6,8-10,12,14-16,18,20-22,24,26-27,30,33,36,39-66H2,1-2H3,(H,75,78)/b7-5-,13-11-,19-17-,25-23-,29-28-,32-31-,35-34-,38-37-. The largest absolute Gasteiger partial charge is 0.394 e. The molecule has 1 rings (SSSR count). The van der Waals surface area contributed by atoms with Crippen molar-refractivity contribution in [3.8, 4) is 0 Å². The molecule has 0 aromatic carbocycles. The summed E-state index contributed by atoms with van der Waals surface area (Å²) in [7, 11) is 0. The molecule has 1 heterocycles.